The van der Waals surface area contributed by atoms with Crippen molar-refractivity contribution in [3.63, 3.8) is 0 Å². The van der Waals surface area contributed by atoms with Crippen LogP contribution < -0.4 is 0 Å². The van der Waals surface area contributed by atoms with Crippen molar-refractivity contribution in [2.75, 3.05) is 0 Å². The fraction of sp³-hybridized carbons (Fsp3) is 0.143. The molecule has 0 unspecified atom stereocenters. The summed E-state index contributed by atoms with van der Waals surface area (Å²) in [6, 6.07) is 8.11. The summed E-state index contributed by atoms with van der Waals surface area (Å²) in [5.41, 5.74) is 0.164. The molecule has 0 atom stereocenters. The largest absolute Gasteiger partial charge is 0.417 e. The van der Waals surface area contributed by atoms with Gasteiger partial charge in [-0.3, -0.25) is 0 Å². The van der Waals surface area contributed by atoms with Crippen molar-refractivity contribution in [2.45, 2.75) is 12.1 Å². The average Bonchev–Trinajstić information content (AvgIpc) is 2.35. The van der Waals surface area contributed by atoms with E-state index in [0.29, 0.717) is 11.1 Å². The van der Waals surface area contributed by atoms with Gasteiger partial charge in [-0.05, 0) is 47.0 Å². The minimum Gasteiger partial charge on any atom is -0.166 e. The Morgan fingerprint density at radius 3 is 2.00 bits per heavy atom. The van der Waals surface area contributed by atoms with E-state index in [-0.39, 0.29) is 21.5 Å². The van der Waals surface area contributed by atoms with Crippen molar-refractivity contribution in [3.8, 4) is 11.1 Å². The highest BCUT2D eigenvalue weighted by molar-refractivity contribution is 6.35. The van der Waals surface area contributed by atoms with Gasteiger partial charge in [-0.2, -0.15) is 13.2 Å². The van der Waals surface area contributed by atoms with Gasteiger partial charge < -0.3 is 0 Å². The molecule has 0 bridgehead atoms. The first-order valence-electron chi connectivity index (χ1n) is 5.54. The Kier molecular flexibility index (Phi) is 4.52. The molecule has 0 amide bonds. The number of rotatable bonds is 2. The summed E-state index contributed by atoms with van der Waals surface area (Å²) in [6.07, 6.45) is -4.46. The number of hydrogen-bond donors (Lipinski definition) is 0. The Morgan fingerprint density at radius 2 is 1.50 bits per heavy atom. The third-order valence-corrected chi connectivity index (χ3v) is 3.46. The molecule has 0 aromatic heterocycles. The summed E-state index contributed by atoms with van der Waals surface area (Å²) in [6.45, 7) is 0. The quantitative estimate of drug-likeness (QED) is 0.554. The number of hydrogen-bond acceptors (Lipinski definition) is 0. The normalized spacial score (nSPS) is 11.7. The van der Waals surface area contributed by atoms with E-state index in [0.717, 1.165) is 6.07 Å². The predicted octanol–water partition coefficient (Wildman–Crippen LogP) is 6.42. The molecule has 0 N–H and O–H groups in total. The lowest BCUT2D eigenvalue weighted by Gasteiger charge is -2.14. The van der Waals surface area contributed by atoms with E-state index in [2.05, 4.69) is 0 Å². The molecule has 2 rings (SSSR count). The summed E-state index contributed by atoms with van der Waals surface area (Å²) in [5, 5.41) is 0.550. The summed E-state index contributed by atoms with van der Waals surface area (Å²) < 4.78 is 39.2. The topological polar surface area (TPSA) is 0 Å². The molecule has 0 saturated carbocycles. The zero-order valence-corrected chi connectivity index (χ0v) is 12.2. The molecule has 20 heavy (non-hydrogen) atoms. The van der Waals surface area contributed by atoms with E-state index >= 15 is 0 Å². The fourth-order valence-corrected chi connectivity index (χ4v) is 2.56. The van der Waals surface area contributed by atoms with Gasteiger partial charge in [-0.15, -0.1) is 11.6 Å². The van der Waals surface area contributed by atoms with Crippen molar-refractivity contribution in [1.29, 1.82) is 0 Å². The summed E-state index contributed by atoms with van der Waals surface area (Å²) in [5.74, 6) is 0.124. The zero-order chi connectivity index (χ0) is 14.9. The van der Waals surface area contributed by atoms with E-state index in [4.69, 9.17) is 34.8 Å². The van der Waals surface area contributed by atoms with E-state index < -0.39 is 11.7 Å². The van der Waals surface area contributed by atoms with Crippen molar-refractivity contribution in [1.82, 2.24) is 0 Å². The lowest BCUT2D eigenvalue weighted by molar-refractivity contribution is -0.137. The highest BCUT2D eigenvalue weighted by atomic mass is 35.5. The van der Waals surface area contributed by atoms with Gasteiger partial charge in [0.15, 0.2) is 0 Å². The zero-order valence-electron chi connectivity index (χ0n) is 9.94. The van der Waals surface area contributed by atoms with Gasteiger partial charge in [0.05, 0.1) is 5.56 Å². The SMILES string of the molecule is FC(F)(F)c1ccc(CCl)cc1-c1cc(Cl)cc(Cl)c1. The molecule has 0 saturated heterocycles. The maximum atomic E-state index is 13.1. The molecular weight excluding hydrogens is 332 g/mol. The first-order chi connectivity index (χ1) is 9.31. The standard InChI is InChI=1S/C14H8Cl3F3/c15-7-8-1-2-13(14(18,19)20)12(3-8)9-4-10(16)6-11(17)5-9/h1-6H,7H2. The molecule has 0 spiro atoms. The predicted molar refractivity (Wildman–Crippen MR) is 76.5 cm³/mol. The van der Waals surface area contributed by atoms with Crippen LogP contribution in [-0.4, -0.2) is 0 Å². The van der Waals surface area contributed by atoms with Crippen LogP contribution in [0.15, 0.2) is 36.4 Å². The molecule has 2 aromatic rings. The minimum absolute atomic E-state index is 0.0139. The maximum absolute atomic E-state index is 13.1. The van der Waals surface area contributed by atoms with Crippen molar-refractivity contribution in [2.24, 2.45) is 0 Å². The molecule has 0 aliphatic heterocycles. The van der Waals surface area contributed by atoms with Crippen LogP contribution in [0.5, 0.6) is 0 Å². The Bertz CT molecular complexity index is 616. The van der Waals surface area contributed by atoms with Crippen LogP contribution in [-0.2, 0) is 12.1 Å². The maximum Gasteiger partial charge on any atom is 0.417 e. The summed E-state index contributed by atoms with van der Waals surface area (Å²) >= 11 is 17.4. The van der Waals surface area contributed by atoms with Crippen LogP contribution in [0.2, 0.25) is 10.0 Å². The van der Waals surface area contributed by atoms with E-state index in [1.54, 1.807) is 0 Å². The Hall–Kier alpha value is -0.900. The Balaban J connectivity index is 2.69. The van der Waals surface area contributed by atoms with Gasteiger partial charge in [-0.25, -0.2) is 0 Å². The minimum atomic E-state index is -4.46. The third-order valence-electron chi connectivity index (χ3n) is 2.72. The molecular formula is C14H8Cl3F3. The van der Waals surface area contributed by atoms with Crippen molar-refractivity contribution in [3.05, 3.63) is 57.6 Å². The van der Waals surface area contributed by atoms with Crippen LogP contribution in [0.1, 0.15) is 11.1 Å². The molecule has 0 heterocycles. The number of benzene rings is 2. The van der Waals surface area contributed by atoms with Crippen LogP contribution >= 0.6 is 34.8 Å². The number of halogens is 6. The molecule has 6 heteroatoms. The second-order valence-electron chi connectivity index (χ2n) is 4.17. The fourth-order valence-electron chi connectivity index (χ4n) is 1.87. The summed E-state index contributed by atoms with van der Waals surface area (Å²) in [4.78, 5) is 0. The van der Waals surface area contributed by atoms with Crippen LogP contribution in [0.4, 0.5) is 13.2 Å². The summed E-state index contributed by atoms with van der Waals surface area (Å²) in [7, 11) is 0. The first-order valence-corrected chi connectivity index (χ1v) is 6.83. The molecule has 0 nitrogen and oxygen atoms in total. The van der Waals surface area contributed by atoms with Crippen LogP contribution in [0.25, 0.3) is 11.1 Å². The molecule has 106 valence electrons. The first kappa shape index (κ1) is 15.5. The number of alkyl halides is 4. The smallest absolute Gasteiger partial charge is 0.166 e. The molecule has 0 radical (unpaired) electrons. The van der Waals surface area contributed by atoms with Crippen LogP contribution in [0.3, 0.4) is 0 Å². The lowest BCUT2D eigenvalue weighted by atomic mass is 9.97. The highest BCUT2D eigenvalue weighted by Crippen LogP contribution is 2.39. The van der Waals surface area contributed by atoms with E-state index in [9.17, 15) is 13.2 Å². The monoisotopic (exact) mass is 338 g/mol. The molecule has 0 aliphatic carbocycles. The van der Waals surface area contributed by atoms with Gasteiger partial charge in [-0.1, -0.05) is 29.3 Å². The third kappa shape index (κ3) is 3.40. The van der Waals surface area contributed by atoms with Crippen molar-refractivity contribution >= 4 is 34.8 Å². The van der Waals surface area contributed by atoms with E-state index in [1.807, 2.05) is 0 Å². The Labute approximate surface area is 129 Å². The highest BCUT2D eigenvalue weighted by Gasteiger charge is 2.33. The second-order valence-corrected chi connectivity index (χ2v) is 5.31. The average molecular weight is 340 g/mol. The van der Waals surface area contributed by atoms with Gasteiger partial charge in [0.2, 0.25) is 0 Å². The van der Waals surface area contributed by atoms with Gasteiger partial charge in [0, 0.05) is 15.9 Å². The van der Waals surface area contributed by atoms with Gasteiger partial charge >= 0.3 is 6.18 Å². The lowest BCUT2D eigenvalue weighted by Crippen LogP contribution is -2.07. The van der Waals surface area contributed by atoms with Crippen LogP contribution in [0, 0.1) is 0 Å². The second kappa shape index (κ2) is 5.84. The van der Waals surface area contributed by atoms with Gasteiger partial charge in [0.1, 0.15) is 0 Å². The molecule has 2 aromatic carbocycles. The molecule has 0 aliphatic rings. The van der Waals surface area contributed by atoms with Gasteiger partial charge in [0.25, 0.3) is 0 Å². The van der Waals surface area contributed by atoms with E-state index in [1.165, 1.54) is 30.3 Å². The van der Waals surface area contributed by atoms with Crippen molar-refractivity contribution < 1.29 is 13.2 Å². The molecule has 0 fully saturated rings. The Morgan fingerprint density at radius 1 is 0.900 bits per heavy atom.